The van der Waals surface area contributed by atoms with Gasteiger partial charge in [-0.05, 0) is 55.0 Å². The van der Waals surface area contributed by atoms with Gasteiger partial charge in [0.15, 0.2) is 5.82 Å². The molecule has 4 heteroatoms. The average Bonchev–Trinajstić information content (AvgIpc) is 2.88. The van der Waals surface area contributed by atoms with Crippen molar-refractivity contribution in [2.45, 2.75) is 123 Å². The Bertz CT molecular complexity index is 763. The van der Waals surface area contributed by atoms with Crippen LogP contribution < -0.4 is 4.74 Å². The molecule has 0 aliphatic carbocycles. The third-order valence-electron chi connectivity index (χ3n) is 7.00. The van der Waals surface area contributed by atoms with Gasteiger partial charge in [-0.3, -0.25) is 0 Å². The van der Waals surface area contributed by atoms with E-state index in [0.717, 1.165) is 36.4 Å². The molecule has 0 spiro atoms. The maximum absolute atomic E-state index is 14.1. The van der Waals surface area contributed by atoms with Gasteiger partial charge in [0.1, 0.15) is 11.9 Å². The van der Waals surface area contributed by atoms with E-state index in [1.54, 1.807) is 0 Å². The van der Waals surface area contributed by atoms with Crippen LogP contribution in [-0.2, 0) is 6.42 Å². The highest BCUT2D eigenvalue weighted by Crippen LogP contribution is 2.21. The van der Waals surface area contributed by atoms with E-state index >= 15 is 0 Å². The molecule has 0 saturated carbocycles. The second kappa shape index (κ2) is 18.3. The Balaban J connectivity index is 1.62. The number of aromatic nitrogens is 2. The van der Waals surface area contributed by atoms with E-state index in [-0.39, 0.29) is 0 Å². The number of aryl methyl sites for hydroxylation is 1. The largest absolute Gasteiger partial charge is 0.493 e. The van der Waals surface area contributed by atoms with E-state index in [0.29, 0.717) is 25.4 Å². The van der Waals surface area contributed by atoms with E-state index in [4.69, 9.17) is 4.74 Å². The minimum Gasteiger partial charge on any atom is -0.493 e. The number of benzene rings is 1. The van der Waals surface area contributed by atoms with Gasteiger partial charge in [-0.15, -0.1) is 0 Å². The number of ether oxygens (including phenoxy) is 1. The van der Waals surface area contributed by atoms with Crippen molar-refractivity contribution < 1.29 is 9.13 Å². The summed E-state index contributed by atoms with van der Waals surface area (Å²) in [6.07, 6.45) is 20.6. The Labute approximate surface area is 214 Å². The van der Waals surface area contributed by atoms with Crippen LogP contribution in [0.1, 0.15) is 116 Å². The van der Waals surface area contributed by atoms with Gasteiger partial charge in [-0.2, -0.15) is 0 Å². The van der Waals surface area contributed by atoms with Crippen LogP contribution in [-0.4, -0.2) is 22.7 Å². The van der Waals surface area contributed by atoms with Crippen LogP contribution in [0, 0.1) is 5.92 Å². The van der Waals surface area contributed by atoms with Crippen molar-refractivity contribution in [2.75, 3.05) is 6.61 Å². The molecule has 3 nitrogen and oxygen atoms in total. The molecule has 196 valence electrons. The molecule has 0 radical (unpaired) electrons. The normalized spacial score (nSPS) is 13.0. The number of alkyl halides is 1. The van der Waals surface area contributed by atoms with Crippen LogP contribution >= 0.6 is 0 Å². The Kier molecular flexibility index (Phi) is 15.3. The van der Waals surface area contributed by atoms with Gasteiger partial charge in [0.05, 0.1) is 6.61 Å². The van der Waals surface area contributed by atoms with E-state index in [1.807, 2.05) is 36.7 Å². The fourth-order valence-corrected chi connectivity index (χ4v) is 4.31. The first-order chi connectivity index (χ1) is 17.1. The lowest BCUT2D eigenvalue weighted by molar-refractivity contribution is 0.220. The van der Waals surface area contributed by atoms with Gasteiger partial charge in [0, 0.05) is 24.4 Å². The second-order valence-electron chi connectivity index (χ2n) is 10.2. The molecular weight excluding hydrogens is 435 g/mol. The zero-order chi connectivity index (χ0) is 25.1. The lowest BCUT2D eigenvalue weighted by Crippen LogP contribution is -2.08. The average molecular weight is 485 g/mol. The predicted molar refractivity (Wildman–Crippen MR) is 147 cm³/mol. The van der Waals surface area contributed by atoms with Crippen LogP contribution in [0.15, 0.2) is 36.7 Å². The first kappa shape index (κ1) is 29.3. The van der Waals surface area contributed by atoms with Crippen molar-refractivity contribution in [3.05, 3.63) is 42.2 Å². The number of nitrogens with zero attached hydrogens (tertiary/aromatic N) is 2. The predicted octanol–water partition coefficient (Wildman–Crippen LogP) is 9.54. The van der Waals surface area contributed by atoms with Crippen molar-refractivity contribution in [3.63, 3.8) is 0 Å². The molecule has 35 heavy (non-hydrogen) atoms. The third-order valence-corrected chi connectivity index (χ3v) is 7.00. The van der Waals surface area contributed by atoms with Crippen molar-refractivity contribution >= 4 is 0 Å². The molecule has 0 aliphatic heterocycles. The number of hydrogen-bond donors (Lipinski definition) is 0. The minimum absolute atomic E-state index is 0.411. The molecule has 0 N–H and O–H groups in total. The fraction of sp³-hybridized carbons (Fsp3) is 0.677. The lowest BCUT2D eigenvalue weighted by Gasteiger charge is -2.12. The van der Waals surface area contributed by atoms with Gasteiger partial charge in [-0.25, -0.2) is 14.4 Å². The summed E-state index contributed by atoms with van der Waals surface area (Å²) in [5.41, 5.74) is 2.18. The molecule has 2 rings (SSSR count). The molecule has 1 heterocycles. The highest BCUT2D eigenvalue weighted by Gasteiger charge is 2.09. The first-order valence-electron chi connectivity index (χ1n) is 14.3. The fourth-order valence-electron chi connectivity index (χ4n) is 4.31. The summed E-state index contributed by atoms with van der Waals surface area (Å²) in [4.78, 5) is 9.13. The Morgan fingerprint density at radius 1 is 0.771 bits per heavy atom. The molecule has 0 saturated heterocycles. The SMILES string of the molecule is CCCCCCCCCCCc1cnc(-c2ccc(OCCC(F)CCCC(C)CC)cc2)nc1. The van der Waals surface area contributed by atoms with Crippen LogP contribution in [0.2, 0.25) is 0 Å². The van der Waals surface area contributed by atoms with Crippen LogP contribution in [0.4, 0.5) is 4.39 Å². The molecule has 2 aromatic rings. The van der Waals surface area contributed by atoms with Gasteiger partial charge in [0.25, 0.3) is 0 Å². The van der Waals surface area contributed by atoms with Crippen molar-refractivity contribution in [2.24, 2.45) is 5.92 Å². The number of unbranched alkanes of at least 4 members (excludes halogenated alkanes) is 8. The zero-order valence-electron chi connectivity index (χ0n) is 22.6. The van der Waals surface area contributed by atoms with Crippen LogP contribution in [0.25, 0.3) is 11.4 Å². The molecule has 0 amide bonds. The molecular formula is C31H49FN2O. The van der Waals surface area contributed by atoms with Crippen LogP contribution in [0.5, 0.6) is 5.75 Å². The molecule has 2 atom stereocenters. The second-order valence-corrected chi connectivity index (χ2v) is 10.2. The van der Waals surface area contributed by atoms with Crippen molar-refractivity contribution in [3.8, 4) is 17.1 Å². The van der Waals surface area contributed by atoms with Crippen molar-refractivity contribution in [1.82, 2.24) is 9.97 Å². The van der Waals surface area contributed by atoms with Gasteiger partial charge in [0.2, 0.25) is 0 Å². The topological polar surface area (TPSA) is 35.0 Å². The van der Waals surface area contributed by atoms with E-state index < -0.39 is 6.17 Å². The Morgan fingerprint density at radius 3 is 2.03 bits per heavy atom. The number of halogens is 1. The summed E-state index contributed by atoms with van der Waals surface area (Å²) in [5.74, 6) is 2.19. The maximum Gasteiger partial charge on any atom is 0.159 e. The van der Waals surface area contributed by atoms with Crippen molar-refractivity contribution in [1.29, 1.82) is 0 Å². The minimum atomic E-state index is -0.777. The molecule has 0 bridgehead atoms. The summed E-state index contributed by atoms with van der Waals surface area (Å²) in [6, 6.07) is 7.80. The standard InChI is InChI=1S/C31H49FN2O/c1-4-6-7-8-9-10-11-12-13-16-27-24-33-31(34-25-27)28-18-20-30(21-19-28)35-23-22-29(32)17-14-15-26(3)5-2/h18-21,24-26,29H,4-17,22-23H2,1-3H3. The summed E-state index contributed by atoms with van der Waals surface area (Å²) in [5, 5.41) is 0. The van der Waals surface area contributed by atoms with Crippen LogP contribution in [0.3, 0.4) is 0 Å². The first-order valence-corrected chi connectivity index (χ1v) is 14.3. The quantitative estimate of drug-likeness (QED) is 0.175. The lowest BCUT2D eigenvalue weighted by atomic mass is 10.00. The van der Waals surface area contributed by atoms with Gasteiger partial charge in [-0.1, -0.05) is 91.4 Å². The molecule has 1 aromatic heterocycles. The molecule has 0 aliphatic rings. The highest BCUT2D eigenvalue weighted by molar-refractivity contribution is 5.55. The Hall–Kier alpha value is -1.97. The summed E-state index contributed by atoms with van der Waals surface area (Å²) < 4.78 is 19.8. The Morgan fingerprint density at radius 2 is 1.40 bits per heavy atom. The molecule has 1 aromatic carbocycles. The summed E-state index contributed by atoms with van der Waals surface area (Å²) in [7, 11) is 0. The maximum atomic E-state index is 14.1. The van der Waals surface area contributed by atoms with E-state index in [9.17, 15) is 4.39 Å². The zero-order valence-corrected chi connectivity index (χ0v) is 22.6. The van der Waals surface area contributed by atoms with E-state index in [2.05, 4.69) is 30.7 Å². The van der Waals surface area contributed by atoms with E-state index in [1.165, 1.54) is 69.8 Å². The number of rotatable bonds is 20. The van der Waals surface area contributed by atoms with Gasteiger partial charge >= 0.3 is 0 Å². The summed E-state index contributed by atoms with van der Waals surface area (Å²) in [6.45, 7) is 7.10. The summed E-state index contributed by atoms with van der Waals surface area (Å²) >= 11 is 0. The monoisotopic (exact) mass is 484 g/mol. The van der Waals surface area contributed by atoms with Gasteiger partial charge < -0.3 is 4.74 Å². The molecule has 0 fully saturated rings. The highest BCUT2D eigenvalue weighted by atomic mass is 19.1. The molecule has 2 unspecified atom stereocenters. The number of hydrogen-bond acceptors (Lipinski definition) is 3. The smallest absolute Gasteiger partial charge is 0.159 e. The third kappa shape index (κ3) is 13.1.